The summed E-state index contributed by atoms with van der Waals surface area (Å²) in [5, 5.41) is 10.4. The largest absolute Gasteiger partial charge is 0.372 e. The highest BCUT2D eigenvalue weighted by Gasteiger charge is 1.97. The summed E-state index contributed by atoms with van der Waals surface area (Å²) in [5.41, 5.74) is 0.860. The SMILES string of the molecule is N=CC1=CCNC(Cl)=C1. The van der Waals surface area contributed by atoms with Crippen LogP contribution in [0, 0.1) is 5.41 Å². The number of hydrogen-bond donors (Lipinski definition) is 2. The van der Waals surface area contributed by atoms with Crippen molar-refractivity contribution in [1.82, 2.24) is 5.32 Å². The van der Waals surface area contributed by atoms with Gasteiger partial charge in [0.05, 0.1) is 0 Å². The molecular weight excluding hydrogens is 136 g/mol. The quantitative estimate of drug-likeness (QED) is 0.420. The summed E-state index contributed by atoms with van der Waals surface area (Å²) in [5.74, 6) is 0. The topological polar surface area (TPSA) is 35.9 Å². The Morgan fingerprint density at radius 1 is 1.78 bits per heavy atom. The molecule has 2 N–H and O–H groups in total. The molecule has 1 aliphatic rings. The van der Waals surface area contributed by atoms with E-state index in [9.17, 15) is 0 Å². The molecule has 48 valence electrons. The van der Waals surface area contributed by atoms with E-state index in [0.717, 1.165) is 12.1 Å². The van der Waals surface area contributed by atoms with Crippen LogP contribution in [0.25, 0.3) is 0 Å². The van der Waals surface area contributed by atoms with Gasteiger partial charge in [0.2, 0.25) is 0 Å². The smallest absolute Gasteiger partial charge is 0.103 e. The van der Waals surface area contributed by atoms with Gasteiger partial charge in [-0.2, -0.15) is 0 Å². The first-order chi connectivity index (χ1) is 4.33. The molecule has 0 spiro atoms. The minimum Gasteiger partial charge on any atom is -0.372 e. The number of nitrogens with one attached hydrogen (secondary N) is 2. The molecule has 0 aromatic rings. The van der Waals surface area contributed by atoms with E-state index in [2.05, 4.69) is 5.32 Å². The van der Waals surface area contributed by atoms with Gasteiger partial charge in [-0.25, -0.2) is 0 Å². The second kappa shape index (κ2) is 2.69. The van der Waals surface area contributed by atoms with Crippen LogP contribution in [0.2, 0.25) is 0 Å². The van der Waals surface area contributed by atoms with E-state index in [0.29, 0.717) is 5.16 Å². The first-order valence-electron chi connectivity index (χ1n) is 2.64. The van der Waals surface area contributed by atoms with Crippen molar-refractivity contribution in [3.05, 3.63) is 22.9 Å². The van der Waals surface area contributed by atoms with E-state index in [1.54, 1.807) is 6.08 Å². The maximum Gasteiger partial charge on any atom is 0.103 e. The summed E-state index contributed by atoms with van der Waals surface area (Å²) in [6, 6.07) is 0. The fourth-order valence-electron chi connectivity index (χ4n) is 0.623. The Labute approximate surface area is 58.7 Å². The van der Waals surface area contributed by atoms with E-state index in [1.165, 1.54) is 6.21 Å². The van der Waals surface area contributed by atoms with Gasteiger partial charge in [0.15, 0.2) is 0 Å². The van der Waals surface area contributed by atoms with Crippen LogP contribution in [-0.2, 0) is 0 Å². The van der Waals surface area contributed by atoms with E-state index < -0.39 is 0 Å². The Morgan fingerprint density at radius 3 is 3.00 bits per heavy atom. The van der Waals surface area contributed by atoms with Crippen LogP contribution in [0.4, 0.5) is 0 Å². The van der Waals surface area contributed by atoms with Crippen molar-refractivity contribution in [3.8, 4) is 0 Å². The fourth-order valence-corrected chi connectivity index (χ4v) is 0.826. The van der Waals surface area contributed by atoms with Crippen molar-refractivity contribution in [2.45, 2.75) is 0 Å². The van der Waals surface area contributed by atoms with Gasteiger partial charge in [-0.05, 0) is 11.6 Å². The molecule has 0 atom stereocenters. The van der Waals surface area contributed by atoms with Crippen LogP contribution in [0.3, 0.4) is 0 Å². The predicted octanol–water partition coefficient (Wildman–Crippen LogP) is 1.25. The van der Waals surface area contributed by atoms with Crippen molar-refractivity contribution < 1.29 is 0 Å². The lowest BCUT2D eigenvalue weighted by Crippen LogP contribution is -2.13. The van der Waals surface area contributed by atoms with Crippen LogP contribution in [0.15, 0.2) is 22.9 Å². The van der Waals surface area contributed by atoms with Crippen molar-refractivity contribution in [2.24, 2.45) is 0 Å². The van der Waals surface area contributed by atoms with Gasteiger partial charge >= 0.3 is 0 Å². The van der Waals surface area contributed by atoms with Crippen molar-refractivity contribution in [3.63, 3.8) is 0 Å². The van der Waals surface area contributed by atoms with E-state index in [4.69, 9.17) is 17.0 Å². The van der Waals surface area contributed by atoms with Crippen LogP contribution in [0.1, 0.15) is 0 Å². The lowest BCUT2D eigenvalue weighted by molar-refractivity contribution is 0.945. The molecular formula is C6H7ClN2. The second-order valence-corrected chi connectivity index (χ2v) is 2.13. The zero-order valence-electron chi connectivity index (χ0n) is 4.82. The summed E-state index contributed by atoms with van der Waals surface area (Å²) in [7, 11) is 0. The minimum absolute atomic E-state index is 0.607. The molecule has 1 heterocycles. The third-order valence-corrected chi connectivity index (χ3v) is 1.31. The van der Waals surface area contributed by atoms with Gasteiger partial charge in [-0.3, -0.25) is 0 Å². The van der Waals surface area contributed by atoms with Crippen LogP contribution in [0.5, 0.6) is 0 Å². The van der Waals surface area contributed by atoms with E-state index in [-0.39, 0.29) is 0 Å². The number of dihydropyridines is 1. The Balaban J connectivity index is 2.74. The molecule has 0 amide bonds. The lowest BCUT2D eigenvalue weighted by atomic mass is 10.2. The monoisotopic (exact) mass is 142 g/mol. The van der Waals surface area contributed by atoms with Crippen molar-refractivity contribution in [1.29, 1.82) is 5.41 Å². The molecule has 0 bridgehead atoms. The maximum absolute atomic E-state index is 6.86. The zero-order valence-corrected chi connectivity index (χ0v) is 5.57. The zero-order chi connectivity index (χ0) is 6.69. The molecule has 1 aliphatic heterocycles. The minimum atomic E-state index is 0.607. The summed E-state index contributed by atoms with van der Waals surface area (Å²) in [4.78, 5) is 0. The normalized spacial score (nSPS) is 17.4. The molecule has 0 saturated heterocycles. The maximum atomic E-state index is 6.86. The summed E-state index contributed by atoms with van der Waals surface area (Å²) >= 11 is 5.60. The Morgan fingerprint density at radius 2 is 2.56 bits per heavy atom. The number of halogens is 1. The Bertz CT molecular complexity index is 181. The molecule has 0 aromatic heterocycles. The molecule has 9 heavy (non-hydrogen) atoms. The van der Waals surface area contributed by atoms with Gasteiger partial charge in [0.1, 0.15) is 5.16 Å². The molecule has 0 aromatic carbocycles. The number of hydrogen-bond acceptors (Lipinski definition) is 2. The van der Waals surface area contributed by atoms with Gasteiger partial charge < -0.3 is 10.7 Å². The summed E-state index contributed by atoms with van der Waals surface area (Å²) in [6.45, 7) is 0.722. The highest BCUT2D eigenvalue weighted by Crippen LogP contribution is 2.05. The molecule has 0 radical (unpaired) electrons. The number of rotatable bonds is 1. The Hall–Kier alpha value is -0.760. The van der Waals surface area contributed by atoms with E-state index in [1.807, 2.05) is 6.08 Å². The molecule has 2 nitrogen and oxygen atoms in total. The van der Waals surface area contributed by atoms with Crippen LogP contribution >= 0.6 is 11.6 Å². The molecule has 0 aliphatic carbocycles. The molecule has 0 fully saturated rings. The van der Waals surface area contributed by atoms with Gasteiger partial charge in [-0.15, -0.1) is 0 Å². The number of allylic oxidation sites excluding steroid dienone is 2. The molecule has 3 heteroatoms. The predicted molar refractivity (Wildman–Crippen MR) is 38.8 cm³/mol. The van der Waals surface area contributed by atoms with Crippen molar-refractivity contribution in [2.75, 3.05) is 6.54 Å². The average Bonchev–Trinajstić information content (AvgIpc) is 1.88. The molecule has 1 rings (SSSR count). The highest BCUT2D eigenvalue weighted by molar-refractivity contribution is 6.29. The third-order valence-electron chi connectivity index (χ3n) is 1.07. The average molecular weight is 143 g/mol. The summed E-state index contributed by atoms with van der Waals surface area (Å²) in [6.07, 6.45) is 4.90. The second-order valence-electron chi connectivity index (χ2n) is 1.72. The van der Waals surface area contributed by atoms with Gasteiger partial charge in [0.25, 0.3) is 0 Å². The lowest BCUT2D eigenvalue weighted by Gasteiger charge is -2.06. The van der Waals surface area contributed by atoms with Crippen molar-refractivity contribution >= 4 is 17.8 Å². The first-order valence-corrected chi connectivity index (χ1v) is 3.02. The summed E-state index contributed by atoms with van der Waals surface area (Å²) < 4.78 is 0. The Kier molecular flexibility index (Phi) is 1.90. The first kappa shape index (κ1) is 6.36. The van der Waals surface area contributed by atoms with E-state index >= 15 is 0 Å². The fraction of sp³-hybridized carbons (Fsp3) is 0.167. The third kappa shape index (κ3) is 1.57. The standard InChI is InChI=1S/C6H7ClN2/c7-6-3-5(4-8)1-2-9-6/h1,3-4,8-9H,2H2. The van der Waals surface area contributed by atoms with Gasteiger partial charge in [0, 0.05) is 12.8 Å². The van der Waals surface area contributed by atoms with Crippen LogP contribution < -0.4 is 5.32 Å². The molecule has 0 unspecified atom stereocenters. The highest BCUT2D eigenvalue weighted by atomic mass is 35.5. The van der Waals surface area contributed by atoms with Gasteiger partial charge in [-0.1, -0.05) is 17.7 Å². The molecule has 0 saturated carbocycles. The van der Waals surface area contributed by atoms with Crippen LogP contribution in [-0.4, -0.2) is 12.8 Å².